The third-order valence-electron chi connectivity index (χ3n) is 2.89. The Balaban J connectivity index is 2.38. The van der Waals surface area contributed by atoms with E-state index in [4.69, 9.17) is 4.74 Å². The number of nitrogens with zero attached hydrogens (tertiary/aromatic N) is 1. The molecule has 0 amide bonds. The Labute approximate surface area is 104 Å². The summed E-state index contributed by atoms with van der Waals surface area (Å²) in [5.41, 5.74) is 1.10. The zero-order valence-corrected chi connectivity index (χ0v) is 11.0. The molecule has 0 heterocycles. The molecule has 1 aromatic carbocycles. The molecule has 1 N–H and O–H groups in total. The standard InChI is InChI=1S/C14H23NO2/c1-4-15(5-2)10-13(16)11-17-14-9-7-6-8-12(14)3/h6-9,13,16H,4-5,10-11H2,1-3H3/t13-/m1/s1. The molecule has 0 bridgehead atoms. The molecule has 0 aromatic heterocycles. The summed E-state index contributed by atoms with van der Waals surface area (Å²) in [6.45, 7) is 9.12. The molecule has 0 aliphatic carbocycles. The van der Waals surface area contributed by atoms with Crippen molar-refractivity contribution in [2.75, 3.05) is 26.2 Å². The van der Waals surface area contributed by atoms with Crippen LogP contribution >= 0.6 is 0 Å². The fraction of sp³-hybridized carbons (Fsp3) is 0.571. The number of hydrogen-bond donors (Lipinski definition) is 1. The van der Waals surface area contributed by atoms with Crippen LogP contribution in [0.3, 0.4) is 0 Å². The van der Waals surface area contributed by atoms with E-state index < -0.39 is 6.10 Å². The van der Waals surface area contributed by atoms with Gasteiger partial charge in [-0.15, -0.1) is 0 Å². The molecule has 0 aliphatic rings. The average Bonchev–Trinajstić information content (AvgIpc) is 2.35. The molecular formula is C14H23NO2. The second-order valence-corrected chi connectivity index (χ2v) is 4.22. The van der Waals surface area contributed by atoms with Gasteiger partial charge in [0.1, 0.15) is 18.5 Å². The van der Waals surface area contributed by atoms with Gasteiger partial charge in [0.15, 0.2) is 0 Å². The van der Waals surface area contributed by atoms with Gasteiger partial charge in [0, 0.05) is 6.54 Å². The maximum absolute atomic E-state index is 9.87. The van der Waals surface area contributed by atoms with E-state index in [1.165, 1.54) is 0 Å². The molecule has 1 atom stereocenters. The number of aliphatic hydroxyl groups is 1. The lowest BCUT2D eigenvalue weighted by Gasteiger charge is -2.22. The normalized spacial score (nSPS) is 12.8. The predicted octanol–water partition coefficient (Wildman–Crippen LogP) is 2.08. The van der Waals surface area contributed by atoms with Crippen LogP contribution in [0, 0.1) is 6.92 Å². The van der Waals surface area contributed by atoms with Gasteiger partial charge < -0.3 is 14.7 Å². The van der Waals surface area contributed by atoms with E-state index in [2.05, 4.69) is 18.7 Å². The maximum atomic E-state index is 9.87. The highest BCUT2D eigenvalue weighted by molar-refractivity contribution is 5.31. The molecule has 0 fully saturated rings. The maximum Gasteiger partial charge on any atom is 0.122 e. The molecule has 3 heteroatoms. The molecule has 1 rings (SSSR count). The Bertz CT molecular complexity index is 324. The first-order chi connectivity index (χ1) is 8.17. The van der Waals surface area contributed by atoms with Gasteiger partial charge in [0.25, 0.3) is 0 Å². The van der Waals surface area contributed by atoms with E-state index >= 15 is 0 Å². The number of rotatable bonds is 7. The lowest BCUT2D eigenvalue weighted by molar-refractivity contribution is 0.0714. The first kappa shape index (κ1) is 14.0. The van der Waals surface area contributed by atoms with Crippen LogP contribution in [-0.2, 0) is 0 Å². The summed E-state index contributed by atoms with van der Waals surface area (Å²) in [6, 6.07) is 7.86. The Morgan fingerprint density at radius 2 is 1.88 bits per heavy atom. The first-order valence-electron chi connectivity index (χ1n) is 6.26. The number of hydrogen-bond acceptors (Lipinski definition) is 3. The Hall–Kier alpha value is -1.06. The van der Waals surface area contributed by atoms with Crippen LogP contribution in [0.15, 0.2) is 24.3 Å². The fourth-order valence-electron chi connectivity index (χ4n) is 1.74. The minimum atomic E-state index is -0.436. The average molecular weight is 237 g/mol. The molecule has 0 saturated carbocycles. The van der Waals surface area contributed by atoms with E-state index in [9.17, 15) is 5.11 Å². The van der Waals surface area contributed by atoms with Crippen molar-refractivity contribution >= 4 is 0 Å². The molecule has 3 nitrogen and oxygen atoms in total. The number of benzene rings is 1. The van der Waals surface area contributed by atoms with Crippen LogP contribution in [0.25, 0.3) is 0 Å². The molecule has 0 radical (unpaired) electrons. The zero-order valence-electron chi connectivity index (χ0n) is 11.0. The molecule has 17 heavy (non-hydrogen) atoms. The van der Waals surface area contributed by atoms with E-state index in [1.807, 2.05) is 31.2 Å². The van der Waals surface area contributed by atoms with Gasteiger partial charge in [0.2, 0.25) is 0 Å². The van der Waals surface area contributed by atoms with Gasteiger partial charge in [-0.2, -0.15) is 0 Å². The van der Waals surface area contributed by atoms with E-state index in [0.29, 0.717) is 13.2 Å². The number of aryl methyl sites for hydroxylation is 1. The highest BCUT2D eigenvalue weighted by Gasteiger charge is 2.10. The molecule has 96 valence electrons. The second-order valence-electron chi connectivity index (χ2n) is 4.22. The van der Waals surface area contributed by atoms with Gasteiger partial charge in [-0.3, -0.25) is 0 Å². The first-order valence-corrected chi connectivity index (χ1v) is 6.26. The van der Waals surface area contributed by atoms with Gasteiger partial charge in [0.05, 0.1) is 0 Å². The van der Waals surface area contributed by atoms with Gasteiger partial charge in [-0.25, -0.2) is 0 Å². The van der Waals surface area contributed by atoms with Crippen LogP contribution < -0.4 is 4.74 Å². The SMILES string of the molecule is CCN(CC)C[C@@H](O)COc1ccccc1C. The van der Waals surface area contributed by atoms with E-state index in [-0.39, 0.29) is 0 Å². The lowest BCUT2D eigenvalue weighted by atomic mass is 10.2. The highest BCUT2D eigenvalue weighted by atomic mass is 16.5. The van der Waals surface area contributed by atoms with Crippen molar-refractivity contribution in [1.82, 2.24) is 4.90 Å². The summed E-state index contributed by atoms with van der Waals surface area (Å²) in [5, 5.41) is 9.87. The smallest absolute Gasteiger partial charge is 0.122 e. The quantitative estimate of drug-likeness (QED) is 0.788. The van der Waals surface area contributed by atoms with Crippen LogP contribution in [-0.4, -0.2) is 42.4 Å². The molecule has 0 spiro atoms. The Morgan fingerprint density at radius 1 is 1.24 bits per heavy atom. The molecular weight excluding hydrogens is 214 g/mol. The second kappa shape index (κ2) is 7.30. The Morgan fingerprint density at radius 3 is 2.47 bits per heavy atom. The number of likely N-dealkylation sites (N-methyl/N-ethyl adjacent to an activating group) is 1. The van der Waals surface area contributed by atoms with Crippen LogP contribution in [0.1, 0.15) is 19.4 Å². The van der Waals surface area contributed by atoms with Gasteiger partial charge in [-0.1, -0.05) is 32.0 Å². The van der Waals surface area contributed by atoms with Crippen LogP contribution in [0.2, 0.25) is 0 Å². The van der Waals surface area contributed by atoms with E-state index in [0.717, 1.165) is 24.4 Å². The van der Waals surface area contributed by atoms with Crippen molar-refractivity contribution in [3.05, 3.63) is 29.8 Å². The highest BCUT2D eigenvalue weighted by Crippen LogP contribution is 2.16. The lowest BCUT2D eigenvalue weighted by Crippen LogP contribution is -2.35. The van der Waals surface area contributed by atoms with Crippen molar-refractivity contribution < 1.29 is 9.84 Å². The predicted molar refractivity (Wildman–Crippen MR) is 70.5 cm³/mol. The number of ether oxygens (including phenoxy) is 1. The van der Waals surface area contributed by atoms with Crippen LogP contribution in [0.4, 0.5) is 0 Å². The van der Waals surface area contributed by atoms with Crippen molar-refractivity contribution in [3.8, 4) is 5.75 Å². The van der Waals surface area contributed by atoms with Gasteiger partial charge >= 0.3 is 0 Å². The summed E-state index contributed by atoms with van der Waals surface area (Å²) in [6.07, 6.45) is -0.436. The molecule has 0 aliphatic heterocycles. The largest absolute Gasteiger partial charge is 0.491 e. The monoisotopic (exact) mass is 237 g/mol. The summed E-state index contributed by atoms with van der Waals surface area (Å²) < 4.78 is 5.61. The Kier molecular flexibility index (Phi) is 6.01. The van der Waals surface area contributed by atoms with Crippen molar-refractivity contribution in [1.29, 1.82) is 0 Å². The minimum absolute atomic E-state index is 0.349. The van der Waals surface area contributed by atoms with Crippen molar-refractivity contribution in [3.63, 3.8) is 0 Å². The topological polar surface area (TPSA) is 32.7 Å². The fourth-order valence-corrected chi connectivity index (χ4v) is 1.74. The third kappa shape index (κ3) is 4.75. The van der Waals surface area contributed by atoms with Gasteiger partial charge in [-0.05, 0) is 31.6 Å². The number of para-hydroxylation sites is 1. The van der Waals surface area contributed by atoms with E-state index in [1.54, 1.807) is 0 Å². The zero-order chi connectivity index (χ0) is 12.7. The summed E-state index contributed by atoms with van der Waals surface area (Å²) in [7, 11) is 0. The summed E-state index contributed by atoms with van der Waals surface area (Å²) in [5.74, 6) is 0.853. The summed E-state index contributed by atoms with van der Waals surface area (Å²) >= 11 is 0. The minimum Gasteiger partial charge on any atom is -0.491 e. The van der Waals surface area contributed by atoms with Crippen LogP contribution in [0.5, 0.6) is 5.75 Å². The summed E-state index contributed by atoms with van der Waals surface area (Å²) in [4.78, 5) is 2.19. The number of aliphatic hydroxyl groups excluding tert-OH is 1. The third-order valence-corrected chi connectivity index (χ3v) is 2.89. The molecule has 0 saturated heterocycles. The molecule has 1 aromatic rings. The van der Waals surface area contributed by atoms with Crippen molar-refractivity contribution in [2.24, 2.45) is 0 Å². The van der Waals surface area contributed by atoms with Crippen molar-refractivity contribution in [2.45, 2.75) is 26.9 Å². The molecule has 0 unspecified atom stereocenters.